The summed E-state index contributed by atoms with van der Waals surface area (Å²) in [7, 11) is 0. The molecule has 0 bridgehead atoms. The minimum Gasteiger partial charge on any atom is -0.489 e. The van der Waals surface area contributed by atoms with Gasteiger partial charge in [0.2, 0.25) is 0 Å². The van der Waals surface area contributed by atoms with E-state index in [4.69, 9.17) is 4.74 Å². The summed E-state index contributed by atoms with van der Waals surface area (Å²) in [6, 6.07) is 25.2. The van der Waals surface area contributed by atoms with E-state index in [1.54, 1.807) is 6.07 Å². The maximum absolute atomic E-state index is 12.6. The van der Waals surface area contributed by atoms with Crippen LogP contribution in [0.25, 0.3) is 11.3 Å². The number of nitrogens with one attached hydrogen (secondary N) is 1. The highest BCUT2D eigenvalue weighted by atomic mass is 32.1. The smallest absolute Gasteiger partial charge is 0.257 e. The van der Waals surface area contributed by atoms with Crippen LogP contribution < -0.4 is 10.1 Å². The van der Waals surface area contributed by atoms with Crippen LogP contribution in [0, 0.1) is 6.92 Å². The lowest BCUT2D eigenvalue weighted by Crippen LogP contribution is -2.12. The lowest BCUT2D eigenvalue weighted by atomic mass is 10.1. The van der Waals surface area contributed by atoms with Crippen molar-refractivity contribution in [2.45, 2.75) is 13.5 Å². The number of hydrogen-bond donors (Lipinski definition) is 1. The highest BCUT2D eigenvalue weighted by molar-refractivity contribution is 7.14. The van der Waals surface area contributed by atoms with Crippen molar-refractivity contribution in [3.8, 4) is 17.0 Å². The van der Waals surface area contributed by atoms with Crippen molar-refractivity contribution in [3.63, 3.8) is 0 Å². The largest absolute Gasteiger partial charge is 0.489 e. The summed E-state index contributed by atoms with van der Waals surface area (Å²) in [5.74, 6) is 0.616. The summed E-state index contributed by atoms with van der Waals surface area (Å²) in [5, 5.41) is 5.42. The van der Waals surface area contributed by atoms with E-state index < -0.39 is 0 Å². The second-order valence-electron chi connectivity index (χ2n) is 6.66. The van der Waals surface area contributed by atoms with Crippen LogP contribution in [-0.2, 0) is 6.61 Å². The van der Waals surface area contributed by atoms with Gasteiger partial charge in [-0.1, -0.05) is 60.2 Å². The molecule has 0 saturated heterocycles. The fraction of sp³-hybridized carbons (Fsp3) is 0.0833. The first-order valence-corrected chi connectivity index (χ1v) is 10.2. The van der Waals surface area contributed by atoms with Crippen LogP contribution in [0.3, 0.4) is 0 Å². The number of carbonyl (C=O) groups excluding carboxylic acids is 1. The molecule has 0 spiro atoms. The van der Waals surface area contributed by atoms with E-state index >= 15 is 0 Å². The Hall–Kier alpha value is -3.44. The normalized spacial score (nSPS) is 10.5. The maximum atomic E-state index is 12.6. The number of hydrogen-bond acceptors (Lipinski definition) is 4. The molecule has 0 aliphatic rings. The lowest BCUT2D eigenvalue weighted by molar-refractivity contribution is 0.102. The van der Waals surface area contributed by atoms with Gasteiger partial charge in [-0.05, 0) is 36.8 Å². The van der Waals surface area contributed by atoms with E-state index in [9.17, 15) is 4.79 Å². The number of carbonyl (C=O) groups is 1. The summed E-state index contributed by atoms with van der Waals surface area (Å²) in [6.45, 7) is 2.45. The van der Waals surface area contributed by atoms with Crippen LogP contribution in [0.4, 0.5) is 5.13 Å². The third kappa shape index (κ3) is 4.89. The monoisotopic (exact) mass is 400 g/mol. The van der Waals surface area contributed by atoms with Gasteiger partial charge < -0.3 is 4.74 Å². The van der Waals surface area contributed by atoms with Crippen LogP contribution in [0.5, 0.6) is 5.75 Å². The average Bonchev–Trinajstić information content (AvgIpc) is 3.22. The molecule has 0 unspecified atom stereocenters. The Labute approximate surface area is 173 Å². The van der Waals surface area contributed by atoms with Crippen molar-refractivity contribution in [1.29, 1.82) is 0 Å². The van der Waals surface area contributed by atoms with Gasteiger partial charge in [-0.15, -0.1) is 11.3 Å². The predicted molar refractivity (Wildman–Crippen MR) is 117 cm³/mol. The average molecular weight is 401 g/mol. The molecule has 1 N–H and O–H groups in total. The van der Waals surface area contributed by atoms with Gasteiger partial charge in [-0.25, -0.2) is 4.98 Å². The van der Waals surface area contributed by atoms with Gasteiger partial charge in [0, 0.05) is 16.5 Å². The topological polar surface area (TPSA) is 51.2 Å². The maximum Gasteiger partial charge on any atom is 0.257 e. The molecular formula is C24H20N2O2S. The van der Waals surface area contributed by atoms with E-state index in [2.05, 4.69) is 29.4 Å². The second-order valence-corrected chi connectivity index (χ2v) is 7.52. The molecular weight excluding hydrogens is 380 g/mol. The summed E-state index contributed by atoms with van der Waals surface area (Å²) >= 11 is 1.42. The third-order valence-corrected chi connectivity index (χ3v) is 5.17. The number of nitrogens with zero attached hydrogens (tertiary/aromatic N) is 1. The molecule has 144 valence electrons. The SMILES string of the molecule is Cc1ccc(-c2csc(NC(=O)c3cccc(COc4ccccc4)c3)n2)cc1. The molecule has 0 aliphatic carbocycles. The zero-order chi connectivity index (χ0) is 20.1. The second kappa shape index (κ2) is 8.71. The Bertz CT molecular complexity index is 1110. The first kappa shape index (κ1) is 18.9. The van der Waals surface area contributed by atoms with Crippen LogP contribution in [-0.4, -0.2) is 10.9 Å². The molecule has 0 fully saturated rings. The van der Waals surface area contributed by atoms with Crippen LogP contribution in [0.15, 0.2) is 84.2 Å². The molecule has 3 aromatic carbocycles. The summed E-state index contributed by atoms with van der Waals surface area (Å²) in [5.41, 5.74) is 4.60. The van der Waals surface area contributed by atoms with Crippen molar-refractivity contribution >= 4 is 22.4 Å². The predicted octanol–water partition coefficient (Wildman–Crippen LogP) is 5.95. The number of thiazole rings is 1. The molecule has 0 aliphatic heterocycles. The van der Waals surface area contributed by atoms with Gasteiger partial charge >= 0.3 is 0 Å². The van der Waals surface area contributed by atoms with Gasteiger partial charge in [0.1, 0.15) is 12.4 Å². The highest BCUT2D eigenvalue weighted by Crippen LogP contribution is 2.25. The van der Waals surface area contributed by atoms with Crippen molar-refractivity contribution in [2.24, 2.45) is 0 Å². The molecule has 4 rings (SSSR count). The number of amides is 1. The van der Waals surface area contributed by atoms with Crippen molar-refractivity contribution < 1.29 is 9.53 Å². The fourth-order valence-corrected chi connectivity index (χ4v) is 3.56. The molecule has 29 heavy (non-hydrogen) atoms. The van der Waals surface area contributed by atoms with Gasteiger partial charge in [0.25, 0.3) is 5.91 Å². The number of ether oxygens (including phenoxy) is 1. The fourth-order valence-electron chi connectivity index (χ4n) is 2.84. The number of benzene rings is 3. The molecule has 0 radical (unpaired) electrons. The molecule has 4 aromatic rings. The van der Waals surface area contributed by atoms with E-state index in [-0.39, 0.29) is 5.91 Å². The van der Waals surface area contributed by atoms with Gasteiger partial charge in [-0.2, -0.15) is 0 Å². The Morgan fingerprint density at radius 1 is 1.00 bits per heavy atom. The lowest BCUT2D eigenvalue weighted by Gasteiger charge is -2.08. The molecule has 1 aromatic heterocycles. The van der Waals surface area contributed by atoms with Crippen LogP contribution >= 0.6 is 11.3 Å². The number of para-hydroxylation sites is 1. The Balaban J connectivity index is 1.41. The summed E-state index contributed by atoms with van der Waals surface area (Å²) in [6.07, 6.45) is 0. The van der Waals surface area contributed by atoms with Crippen molar-refractivity contribution in [1.82, 2.24) is 4.98 Å². The van der Waals surface area contributed by atoms with Crippen molar-refractivity contribution in [3.05, 3.63) is 101 Å². The van der Waals surface area contributed by atoms with Gasteiger partial charge in [0.05, 0.1) is 5.69 Å². The van der Waals surface area contributed by atoms with E-state index in [1.165, 1.54) is 16.9 Å². The minimum atomic E-state index is -0.184. The van der Waals surface area contributed by atoms with E-state index in [0.717, 1.165) is 22.6 Å². The number of anilines is 1. The quantitative estimate of drug-likeness (QED) is 0.435. The Morgan fingerprint density at radius 3 is 2.59 bits per heavy atom. The third-order valence-electron chi connectivity index (χ3n) is 4.41. The first-order chi connectivity index (χ1) is 14.2. The first-order valence-electron chi connectivity index (χ1n) is 9.28. The molecule has 0 saturated carbocycles. The zero-order valence-corrected chi connectivity index (χ0v) is 16.8. The molecule has 5 heteroatoms. The highest BCUT2D eigenvalue weighted by Gasteiger charge is 2.11. The van der Waals surface area contributed by atoms with Crippen molar-refractivity contribution in [2.75, 3.05) is 5.32 Å². The minimum absolute atomic E-state index is 0.184. The van der Waals surface area contributed by atoms with E-state index in [1.807, 2.05) is 66.0 Å². The summed E-state index contributed by atoms with van der Waals surface area (Å²) in [4.78, 5) is 17.2. The van der Waals surface area contributed by atoms with Crippen LogP contribution in [0.2, 0.25) is 0 Å². The Kier molecular flexibility index (Phi) is 5.68. The molecule has 0 atom stereocenters. The van der Waals surface area contributed by atoms with Gasteiger partial charge in [0.15, 0.2) is 5.13 Å². The number of aromatic nitrogens is 1. The van der Waals surface area contributed by atoms with Crippen LogP contribution in [0.1, 0.15) is 21.5 Å². The van der Waals surface area contributed by atoms with E-state index in [0.29, 0.717) is 17.3 Å². The zero-order valence-electron chi connectivity index (χ0n) is 16.0. The Morgan fingerprint density at radius 2 is 1.79 bits per heavy atom. The molecule has 1 amide bonds. The number of aryl methyl sites for hydroxylation is 1. The number of rotatable bonds is 6. The molecule has 4 nitrogen and oxygen atoms in total. The summed E-state index contributed by atoms with van der Waals surface area (Å²) < 4.78 is 5.76. The molecule has 1 heterocycles. The van der Waals surface area contributed by atoms with Gasteiger partial charge in [-0.3, -0.25) is 10.1 Å². The standard InChI is InChI=1S/C24H20N2O2S/c1-17-10-12-19(13-11-17)22-16-29-24(25-22)26-23(27)20-7-5-6-18(14-20)15-28-21-8-3-2-4-9-21/h2-14,16H,15H2,1H3,(H,25,26,27).